The lowest BCUT2D eigenvalue weighted by Gasteiger charge is -2.10. The SMILES string of the molecule is CC(C)NC(=O)c1cccc(NCc2cc(Br)cs2)c1. The summed E-state index contributed by atoms with van der Waals surface area (Å²) in [5, 5.41) is 8.28. The second-order valence-electron chi connectivity index (χ2n) is 4.79. The van der Waals surface area contributed by atoms with Gasteiger partial charge in [0.25, 0.3) is 5.91 Å². The third-order valence-electron chi connectivity index (χ3n) is 2.63. The number of carbonyl (C=O) groups excluding carboxylic acids is 1. The van der Waals surface area contributed by atoms with E-state index >= 15 is 0 Å². The van der Waals surface area contributed by atoms with Crippen molar-refractivity contribution >= 4 is 38.9 Å². The first kappa shape index (κ1) is 15.1. The number of nitrogens with one attached hydrogen (secondary N) is 2. The van der Waals surface area contributed by atoms with Crippen LogP contribution < -0.4 is 10.6 Å². The van der Waals surface area contributed by atoms with Crippen LogP contribution in [0.2, 0.25) is 0 Å². The van der Waals surface area contributed by atoms with Crippen molar-refractivity contribution in [1.29, 1.82) is 0 Å². The Balaban J connectivity index is 2.00. The Morgan fingerprint density at radius 3 is 2.80 bits per heavy atom. The molecule has 0 fully saturated rings. The molecule has 2 rings (SSSR count). The van der Waals surface area contributed by atoms with E-state index in [1.807, 2.05) is 38.1 Å². The van der Waals surface area contributed by atoms with Crippen LogP contribution >= 0.6 is 27.3 Å². The molecule has 2 N–H and O–H groups in total. The zero-order chi connectivity index (χ0) is 14.5. The van der Waals surface area contributed by atoms with Crippen molar-refractivity contribution in [3.05, 3.63) is 50.6 Å². The maximum Gasteiger partial charge on any atom is 0.251 e. The van der Waals surface area contributed by atoms with Gasteiger partial charge in [-0.1, -0.05) is 6.07 Å². The van der Waals surface area contributed by atoms with Crippen LogP contribution in [0.4, 0.5) is 5.69 Å². The minimum Gasteiger partial charge on any atom is -0.380 e. The highest BCUT2D eigenvalue weighted by atomic mass is 79.9. The van der Waals surface area contributed by atoms with E-state index in [2.05, 4.69) is 38.0 Å². The summed E-state index contributed by atoms with van der Waals surface area (Å²) in [5.41, 5.74) is 1.63. The number of rotatable bonds is 5. The van der Waals surface area contributed by atoms with Crippen LogP contribution in [0.3, 0.4) is 0 Å². The average molecular weight is 353 g/mol. The van der Waals surface area contributed by atoms with Crippen LogP contribution in [-0.4, -0.2) is 11.9 Å². The highest BCUT2D eigenvalue weighted by Gasteiger charge is 2.07. The maximum absolute atomic E-state index is 11.9. The van der Waals surface area contributed by atoms with Gasteiger partial charge >= 0.3 is 0 Å². The van der Waals surface area contributed by atoms with Gasteiger partial charge in [-0.3, -0.25) is 4.79 Å². The van der Waals surface area contributed by atoms with Gasteiger partial charge in [-0.25, -0.2) is 0 Å². The second-order valence-corrected chi connectivity index (χ2v) is 6.71. The summed E-state index contributed by atoms with van der Waals surface area (Å²) in [6.45, 7) is 4.66. The maximum atomic E-state index is 11.9. The van der Waals surface area contributed by atoms with E-state index in [4.69, 9.17) is 0 Å². The van der Waals surface area contributed by atoms with E-state index in [0.29, 0.717) is 5.56 Å². The molecule has 0 spiro atoms. The molecule has 0 unspecified atom stereocenters. The van der Waals surface area contributed by atoms with Gasteiger partial charge in [0.2, 0.25) is 0 Å². The van der Waals surface area contributed by atoms with Crippen molar-refractivity contribution in [3.8, 4) is 0 Å². The number of benzene rings is 1. The van der Waals surface area contributed by atoms with E-state index in [1.54, 1.807) is 11.3 Å². The van der Waals surface area contributed by atoms with Crippen molar-refractivity contribution in [1.82, 2.24) is 5.32 Å². The fourth-order valence-electron chi connectivity index (χ4n) is 1.75. The lowest BCUT2D eigenvalue weighted by Crippen LogP contribution is -2.30. The smallest absolute Gasteiger partial charge is 0.251 e. The van der Waals surface area contributed by atoms with Crippen LogP contribution in [-0.2, 0) is 6.54 Å². The van der Waals surface area contributed by atoms with Crippen molar-refractivity contribution in [2.24, 2.45) is 0 Å². The molecule has 1 aromatic heterocycles. The summed E-state index contributed by atoms with van der Waals surface area (Å²) in [6.07, 6.45) is 0. The highest BCUT2D eigenvalue weighted by molar-refractivity contribution is 9.10. The Bertz CT molecular complexity index is 595. The van der Waals surface area contributed by atoms with Crippen molar-refractivity contribution < 1.29 is 4.79 Å². The van der Waals surface area contributed by atoms with E-state index in [9.17, 15) is 4.79 Å². The normalized spacial score (nSPS) is 10.6. The number of hydrogen-bond acceptors (Lipinski definition) is 3. The summed E-state index contributed by atoms with van der Waals surface area (Å²) < 4.78 is 1.10. The molecule has 1 aromatic carbocycles. The number of amides is 1. The Labute approximate surface area is 131 Å². The minimum atomic E-state index is -0.0393. The predicted molar refractivity (Wildman–Crippen MR) is 88.4 cm³/mol. The number of anilines is 1. The largest absolute Gasteiger partial charge is 0.380 e. The fourth-order valence-corrected chi connectivity index (χ4v) is 3.14. The van der Waals surface area contributed by atoms with E-state index in [-0.39, 0.29) is 11.9 Å². The van der Waals surface area contributed by atoms with Gasteiger partial charge in [0, 0.05) is 38.6 Å². The lowest BCUT2D eigenvalue weighted by atomic mass is 10.1. The topological polar surface area (TPSA) is 41.1 Å². The first-order valence-electron chi connectivity index (χ1n) is 6.42. The molecule has 106 valence electrons. The van der Waals surface area contributed by atoms with Gasteiger partial charge in [0.05, 0.1) is 0 Å². The summed E-state index contributed by atoms with van der Waals surface area (Å²) in [6, 6.07) is 9.79. The highest BCUT2D eigenvalue weighted by Crippen LogP contribution is 2.21. The molecule has 0 aliphatic heterocycles. The molecule has 5 heteroatoms. The van der Waals surface area contributed by atoms with Crippen LogP contribution in [0, 0.1) is 0 Å². The molecule has 0 saturated heterocycles. The zero-order valence-electron chi connectivity index (χ0n) is 11.4. The Morgan fingerprint density at radius 1 is 1.35 bits per heavy atom. The Hall–Kier alpha value is -1.33. The summed E-state index contributed by atoms with van der Waals surface area (Å²) >= 11 is 5.14. The van der Waals surface area contributed by atoms with Crippen LogP contribution in [0.15, 0.2) is 40.2 Å². The molecular weight excluding hydrogens is 336 g/mol. The van der Waals surface area contributed by atoms with E-state index in [1.165, 1.54) is 4.88 Å². The Morgan fingerprint density at radius 2 is 2.15 bits per heavy atom. The summed E-state index contributed by atoms with van der Waals surface area (Å²) in [5.74, 6) is -0.0393. The van der Waals surface area contributed by atoms with Gasteiger partial charge in [-0.05, 0) is 54.0 Å². The van der Waals surface area contributed by atoms with Gasteiger partial charge in [-0.2, -0.15) is 0 Å². The molecule has 1 heterocycles. The zero-order valence-corrected chi connectivity index (χ0v) is 13.8. The number of carbonyl (C=O) groups is 1. The molecule has 2 aromatic rings. The van der Waals surface area contributed by atoms with Crippen LogP contribution in [0.1, 0.15) is 29.1 Å². The minimum absolute atomic E-state index is 0.0393. The molecule has 0 atom stereocenters. The van der Waals surface area contributed by atoms with Gasteiger partial charge in [-0.15, -0.1) is 11.3 Å². The molecule has 0 aliphatic rings. The molecule has 0 aliphatic carbocycles. The third-order valence-corrected chi connectivity index (χ3v) is 4.33. The van der Waals surface area contributed by atoms with Gasteiger partial charge in [0.15, 0.2) is 0 Å². The first-order chi connectivity index (χ1) is 9.54. The molecular formula is C15H17BrN2OS. The van der Waals surface area contributed by atoms with Crippen LogP contribution in [0.25, 0.3) is 0 Å². The van der Waals surface area contributed by atoms with E-state index < -0.39 is 0 Å². The summed E-state index contributed by atoms with van der Waals surface area (Å²) in [7, 11) is 0. The van der Waals surface area contributed by atoms with Gasteiger partial charge in [0.1, 0.15) is 0 Å². The lowest BCUT2D eigenvalue weighted by molar-refractivity contribution is 0.0943. The molecule has 20 heavy (non-hydrogen) atoms. The average Bonchev–Trinajstić information content (AvgIpc) is 2.82. The summed E-state index contributed by atoms with van der Waals surface area (Å²) in [4.78, 5) is 13.2. The van der Waals surface area contributed by atoms with Crippen LogP contribution in [0.5, 0.6) is 0 Å². The molecule has 1 amide bonds. The monoisotopic (exact) mass is 352 g/mol. The number of thiophene rings is 1. The molecule has 3 nitrogen and oxygen atoms in total. The van der Waals surface area contributed by atoms with E-state index in [0.717, 1.165) is 16.7 Å². The second kappa shape index (κ2) is 6.90. The number of halogens is 1. The van der Waals surface area contributed by atoms with Gasteiger partial charge < -0.3 is 10.6 Å². The first-order valence-corrected chi connectivity index (χ1v) is 8.09. The molecule has 0 radical (unpaired) electrons. The van der Waals surface area contributed by atoms with Crippen molar-refractivity contribution in [3.63, 3.8) is 0 Å². The standard InChI is InChI=1S/C15H17BrN2OS/c1-10(2)18-15(19)11-4-3-5-13(6-11)17-8-14-7-12(16)9-20-14/h3-7,9-10,17H,8H2,1-2H3,(H,18,19). The fraction of sp³-hybridized carbons (Fsp3) is 0.267. The molecule has 0 bridgehead atoms. The van der Waals surface area contributed by atoms with Crippen molar-refractivity contribution in [2.45, 2.75) is 26.4 Å². The van der Waals surface area contributed by atoms with Crippen molar-refractivity contribution in [2.75, 3.05) is 5.32 Å². The predicted octanol–water partition coefficient (Wildman–Crippen LogP) is 4.26. The number of hydrogen-bond donors (Lipinski definition) is 2. The third kappa shape index (κ3) is 4.35. The quantitative estimate of drug-likeness (QED) is 0.843. The Kier molecular flexibility index (Phi) is 5.20. The molecule has 0 saturated carbocycles.